The first-order valence-electron chi connectivity index (χ1n) is 6.20. The van der Waals surface area contributed by atoms with Crippen LogP contribution in [0.4, 0.5) is 0 Å². The second-order valence-corrected chi connectivity index (χ2v) is 5.13. The van der Waals surface area contributed by atoms with Crippen LogP contribution < -0.4 is 11.1 Å². The molecule has 8 heteroatoms. The number of methoxy groups -OCH3 is 1. The molecular weight excluding hydrogens is 342 g/mol. The first kappa shape index (κ1) is 15.5. The number of aromatic nitrogens is 2. The standard InChI is InChI=1S/C13H14BrN3O4/c1-20-6-5-15-11(18)8-17-12(16-21-13(17)19)9-3-2-4-10(14)7-9/h2-4,7H,5-6,8H2,1H3,(H,15,18). The van der Waals surface area contributed by atoms with Gasteiger partial charge in [-0.2, -0.15) is 0 Å². The Balaban J connectivity index is 2.19. The van der Waals surface area contributed by atoms with E-state index in [-0.39, 0.29) is 12.5 Å². The molecule has 0 spiro atoms. The van der Waals surface area contributed by atoms with Crippen LogP contribution in [0.3, 0.4) is 0 Å². The molecule has 112 valence electrons. The molecule has 2 rings (SSSR count). The monoisotopic (exact) mass is 355 g/mol. The van der Waals surface area contributed by atoms with Crippen LogP contribution in [0, 0.1) is 0 Å². The minimum Gasteiger partial charge on any atom is -0.383 e. The van der Waals surface area contributed by atoms with Gasteiger partial charge in [-0.3, -0.25) is 9.32 Å². The zero-order valence-corrected chi connectivity index (χ0v) is 12.9. The molecule has 7 nitrogen and oxygen atoms in total. The van der Waals surface area contributed by atoms with Crippen molar-refractivity contribution in [1.29, 1.82) is 0 Å². The Labute approximate surface area is 129 Å². The zero-order valence-electron chi connectivity index (χ0n) is 11.3. The SMILES string of the molecule is COCCNC(=O)Cn1c(-c2cccc(Br)c2)noc1=O. The van der Waals surface area contributed by atoms with Crippen molar-refractivity contribution in [3.05, 3.63) is 39.3 Å². The highest BCUT2D eigenvalue weighted by molar-refractivity contribution is 9.10. The van der Waals surface area contributed by atoms with Crippen LogP contribution in [0.15, 0.2) is 38.1 Å². The van der Waals surface area contributed by atoms with Crippen LogP contribution in [0.1, 0.15) is 0 Å². The maximum atomic E-state index is 11.8. The van der Waals surface area contributed by atoms with Crippen molar-refractivity contribution in [3.63, 3.8) is 0 Å². The molecule has 0 saturated carbocycles. The molecule has 0 fully saturated rings. The summed E-state index contributed by atoms with van der Waals surface area (Å²) < 4.78 is 11.5. The predicted octanol–water partition coefficient (Wildman–Crippen LogP) is 1.03. The Morgan fingerprint density at radius 1 is 1.52 bits per heavy atom. The molecule has 0 aliphatic heterocycles. The number of ether oxygens (including phenoxy) is 1. The first-order chi connectivity index (χ1) is 10.1. The molecular formula is C13H14BrN3O4. The van der Waals surface area contributed by atoms with Gasteiger partial charge in [0, 0.05) is 23.7 Å². The van der Waals surface area contributed by atoms with Crippen molar-refractivity contribution in [2.24, 2.45) is 0 Å². The number of carbonyl (C=O) groups is 1. The van der Waals surface area contributed by atoms with Gasteiger partial charge in [0.25, 0.3) is 0 Å². The van der Waals surface area contributed by atoms with E-state index in [0.717, 1.165) is 4.47 Å². The summed E-state index contributed by atoms with van der Waals surface area (Å²) in [7, 11) is 1.54. The van der Waals surface area contributed by atoms with Crippen molar-refractivity contribution in [3.8, 4) is 11.4 Å². The van der Waals surface area contributed by atoms with Gasteiger partial charge < -0.3 is 10.1 Å². The highest BCUT2D eigenvalue weighted by Gasteiger charge is 2.15. The molecule has 1 N–H and O–H groups in total. The van der Waals surface area contributed by atoms with Gasteiger partial charge in [0.1, 0.15) is 6.54 Å². The lowest BCUT2D eigenvalue weighted by Gasteiger charge is -2.06. The Kier molecular flexibility index (Phi) is 5.29. The van der Waals surface area contributed by atoms with Crippen LogP contribution in [0.25, 0.3) is 11.4 Å². The second-order valence-electron chi connectivity index (χ2n) is 4.21. The smallest absolute Gasteiger partial charge is 0.383 e. The number of carbonyl (C=O) groups excluding carboxylic acids is 1. The van der Waals surface area contributed by atoms with Gasteiger partial charge in [-0.25, -0.2) is 9.36 Å². The Morgan fingerprint density at radius 3 is 3.05 bits per heavy atom. The van der Waals surface area contributed by atoms with Gasteiger partial charge >= 0.3 is 5.76 Å². The fraction of sp³-hybridized carbons (Fsp3) is 0.308. The molecule has 1 aromatic carbocycles. The molecule has 21 heavy (non-hydrogen) atoms. The summed E-state index contributed by atoms with van der Waals surface area (Å²) in [4.78, 5) is 23.5. The molecule has 1 amide bonds. The molecule has 0 radical (unpaired) electrons. The number of rotatable bonds is 6. The molecule has 0 aliphatic carbocycles. The van der Waals surface area contributed by atoms with Gasteiger partial charge in [-0.1, -0.05) is 33.2 Å². The van der Waals surface area contributed by atoms with E-state index >= 15 is 0 Å². The van der Waals surface area contributed by atoms with Crippen molar-refractivity contribution in [1.82, 2.24) is 15.0 Å². The summed E-state index contributed by atoms with van der Waals surface area (Å²) in [6.07, 6.45) is 0. The molecule has 1 aromatic heterocycles. The molecule has 2 aromatic rings. The molecule has 0 aliphatic rings. The second kappa shape index (κ2) is 7.19. The summed E-state index contributed by atoms with van der Waals surface area (Å²) in [6.45, 7) is 0.623. The van der Waals surface area contributed by atoms with Gasteiger partial charge in [-0.05, 0) is 12.1 Å². The normalized spacial score (nSPS) is 10.6. The van der Waals surface area contributed by atoms with E-state index in [0.29, 0.717) is 24.5 Å². The lowest BCUT2D eigenvalue weighted by Crippen LogP contribution is -2.33. The number of hydrogen-bond acceptors (Lipinski definition) is 5. The summed E-state index contributed by atoms with van der Waals surface area (Å²) in [5.41, 5.74) is 0.680. The lowest BCUT2D eigenvalue weighted by atomic mass is 10.2. The Morgan fingerprint density at radius 2 is 2.33 bits per heavy atom. The fourth-order valence-corrected chi connectivity index (χ4v) is 2.13. The molecule has 0 atom stereocenters. The van der Waals surface area contributed by atoms with Gasteiger partial charge in [0.05, 0.1) is 6.61 Å². The Hall–Kier alpha value is -1.93. The third kappa shape index (κ3) is 4.02. The number of amides is 1. The van der Waals surface area contributed by atoms with E-state index in [1.165, 1.54) is 4.57 Å². The first-order valence-corrected chi connectivity index (χ1v) is 6.99. The minimum absolute atomic E-state index is 0.159. The Bertz CT molecular complexity index is 680. The number of benzene rings is 1. The lowest BCUT2D eigenvalue weighted by molar-refractivity contribution is -0.121. The van der Waals surface area contributed by atoms with Gasteiger partial charge in [-0.15, -0.1) is 0 Å². The highest BCUT2D eigenvalue weighted by atomic mass is 79.9. The molecule has 0 bridgehead atoms. The van der Waals surface area contributed by atoms with Crippen molar-refractivity contribution in [2.45, 2.75) is 6.54 Å². The third-order valence-electron chi connectivity index (χ3n) is 2.70. The van der Waals surface area contributed by atoms with Gasteiger partial charge in [0.15, 0.2) is 5.82 Å². The van der Waals surface area contributed by atoms with E-state index in [9.17, 15) is 9.59 Å². The average Bonchev–Trinajstić information content (AvgIpc) is 2.81. The molecule has 1 heterocycles. The largest absolute Gasteiger partial charge is 0.442 e. The van der Waals surface area contributed by atoms with Crippen molar-refractivity contribution < 1.29 is 14.1 Å². The average molecular weight is 356 g/mol. The maximum Gasteiger partial charge on any atom is 0.442 e. The minimum atomic E-state index is -0.674. The zero-order chi connectivity index (χ0) is 15.2. The summed E-state index contributed by atoms with van der Waals surface area (Å²) in [5, 5.41) is 6.36. The van der Waals surface area contributed by atoms with E-state index in [4.69, 9.17) is 4.74 Å². The van der Waals surface area contributed by atoms with Crippen LogP contribution >= 0.6 is 15.9 Å². The number of nitrogens with one attached hydrogen (secondary N) is 1. The van der Waals surface area contributed by atoms with E-state index in [2.05, 4.69) is 30.9 Å². The topological polar surface area (TPSA) is 86.4 Å². The van der Waals surface area contributed by atoms with Crippen LogP contribution in [-0.4, -0.2) is 35.9 Å². The van der Waals surface area contributed by atoms with Crippen LogP contribution in [0.5, 0.6) is 0 Å². The van der Waals surface area contributed by atoms with Crippen molar-refractivity contribution in [2.75, 3.05) is 20.3 Å². The van der Waals surface area contributed by atoms with E-state index in [1.807, 2.05) is 12.1 Å². The predicted molar refractivity (Wildman–Crippen MR) is 78.8 cm³/mol. The van der Waals surface area contributed by atoms with Gasteiger partial charge in [0.2, 0.25) is 5.91 Å². The number of nitrogens with zero attached hydrogens (tertiary/aromatic N) is 2. The quantitative estimate of drug-likeness (QED) is 0.782. The summed E-state index contributed by atoms with van der Waals surface area (Å²) in [6, 6.07) is 7.23. The third-order valence-corrected chi connectivity index (χ3v) is 3.19. The van der Waals surface area contributed by atoms with E-state index < -0.39 is 5.76 Å². The number of hydrogen-bond donors (Lipinski definition) is 1. The van der Waals surface area contributed by atoms with Crippen molar-refractivity contribution >= 4 is 21.8 Å². The van der Waals surface area contributed by atoms with Crippen LogP contribution in [-0.2, 0) is 16.1 Å². The van der Waals surface area contributed by atoms with E-state index in [1.54, 1.807) is 19.2 Å². The maximum absolute atomic E-state index is 11.8. The summed E-state index contributed by atoms with van der Waals surface area (Å²) in [5.74, 6) is -0.677. The summed E-state index contributed by atoms with van der Waals surface area (Å²) >= 11 is 3.34. The molecule has 0 saturated heterocycles. The highest BCUT2D eigenvalue weighted by Crippen LogP contribution is 2.20. The van der Waals surface area contributed by atoms with Crippen LogP contribution in [0.2, 0.25) is 0 Å². The molecule has 0 unspecified atom stereocenters. The number of halogens is 1. The fourth-order valence-electron chi connectivity index (χ4n) is 1.73.